The number of fused-ring (bicyclic) bond motifs is 1. The molecule has 0 aliphatic heterocycles. The smallest absolute Gasteiger partial charge is 0.270 e. The van der Waals surface area contributed by atoms with Crippen molar-refractivity contribution < 1.29 is 9.53 Å². The van der Waals surface area contributed by atoms with E-state index in [1.807, 2.05) is 26.8 Å². The van der Waals surface area contributed by atoms with Gasteiger partial charge in [0, 0.05) is 25.3 Å². The molecular weight excluding hydrogens is 300 g/mol. The summed E-state index contributed by atoms with van der Waals surface area (Å²) < 4.78 is 6.77. The molecule has 0 unspecified atom stereocenters. The van der Waals surface area contributed by atoms with Crippen molar-refractivity contribution >= 4 is 27.5 Å². The number of pyridine rings is 1. The maximum Gasteiger partial charge on any atom is 0.270 e. The zero-order valence-electron chi connectivity index (χ0n) is 13.3. The lowest BCUT2D eigenvalue weighted by Crippen LogP contribution is -2.19. The molecule has 0 saturated heterocycles. The van der Waals surface area contributed by atoms with Crippen LogP contribution in [0.4, 0.5) is 0 Å². The van der Waals surface area contributed by atoms with Gasteiger partial charge in [-0.05, 0) is 56.8 Å². The van der Waals surface area contributed by atoms with E-state index in [-0.39, 0.29) is 17.9 Å². The highest BCUT2D eigenvalue weighted by molar-refractivity contribution is 7.13. The third kappa shape index (κ3) is 4.01. The highest BCUT2D eigenvalue weighted by Gasteiger charge is 2.14. The van der Waals surface area contributed by atoms with Crippen LogP contribution in [0.25, 0.3) is 10.2 Å². The molecule has 0 fully saturated rings. The number of aromatic nitrogens is 2. The molecule has 0 atom stereocenters. The topological polar surface area (TPSA) is 61.2 Å². The third-order valence-corrected chi connectivity index (χ3v) is 4.45. The van der Waals surface area contributed by atoms with E-state index < -0.39 is 0 Å². The molecule has 120 valence electrons. The molecule has 0 aromatic carbocycles. The summed E-state index contributed by atoms with van der Waals surface area (Å²) in [6, 6.07) is 1.90. The minimum Gasteiger partial charge on any atom is -0.382 e. The maximum atomic E-state index is 12.4. The van der Waals surface area contributed by atoms with Gasteiger partial charge in [0.05, 0.1) is 11.9 Å². The number of nitrogens with zero attached hydrogens (tertiary/aromatic N) is 2. The Morgan fingerprint density at radius 3 is 2.86 bits per heavy atom. The van der Waals surface area contributed by atoms with Crippen molar-refractivity contribution in [2.75, 3.05) is 13.2 Å². The molecule has 6 heteroatoms. The molecule has 2 heterocycles. The first-order valence-electron chi connectivity index (χ1n) is 7.60. The van der Waals surface area contributed by atoms with E-state index in [9.17, 15) is 9.59 Å². The molecule has 2 rings (SSSR count). The first-order valence-corrected chi connectivity index (χ1v) is 8.37. The van der Waals surface area contributed by atoms with E-state index in [4.69, 9.17) is 4.74 Å². The average Bonchev–Trinajstić information content (AvgIpc) is 2.75. The third-order valence-electron chi connectivity index (χ3n) is 3.47. The molecule has 0 radical (unpaired) electrons. The van der Waals surface area contributed by atoms with Crippen molar-refractivity contribution in [2.45, 2.75) is 46.6 Å². The highest BCUT2D eigenvalue weighted by Crippen LogP contribution is 2.19. The number of rotatable bonds is 8. The zero-order valence-corrected chi connectivity index (χ0v) is 14.2. The van der Waals surface area contributed by atoms with Gasteiger partial charge in [-0.15, -0.1) is 0 Å². The predicted molar refractivity (Wildman–Crippen MR) is 88.7 cm³/mol. The van der Waals surface area contributed by atoms with Crippen molar-refractivity contribution in [3.05, 3.63) is 27.7 Å². The maximum absolute atomic E-state index is 12.4. The van der Waals surface area contributed by atoms with Crippen molar-refractivity contribution in [2.24, 2.45) is 0 Å². The fourth-order valence-corrected chi connectivity index (χ4v) is 3.53. The molecule has 0 bridgehead atoms. The fraction of sp³-hybridized carbons (Fsp3) is 0.562. The standard InChI is InChI=1S/C16H22N2O3S/c1-4-21-8-6-5-7-13(19)10-18-16(20)14-11(2)9-12(3)17-15(14)22-18/h9H,4-8,10H2,1-3H3. The van der Waals surface area contributed by atoms with Crippen LogP contribution in [-0.4, -0.2) is 27.9 Å². The van der Waals surface area contributed by atoms with Gasteiger partial charge in [-0.3, -0.25) is 13.5 Å². The molecule has 0 saturated carbocycles. The van der Waals surface area contributed by atoms with Crippen LogP contribution >= 0.6 is 11.5 Å². The number of carbonyl (C=O) groups excluding carboxylic acids is 1. The number of hydrogen-bond donors (Lipinski definition) is 0. The van der Waals surface area contributed by atoms with E-state index >= 15 is 0 Å². The molecule has 0 aliphatic rings. The minimum atomic E-state index is -0.104. The molecule has 0 aliphatic carbocycles. The lowest BCUT2D eigenvalue weighted by Gasteiger charge is -2.02. The van der Waals surface area contributed by atoms with Crippen LogP contribution in [0.1, 0.15) is 37.4 Å². The molecule has 22 heavy (non-hydrogen) atoms. The van der Waals surface area contributed by atoms with Gasteiger partial charge < -0.3 is 4.74 Å². The zero-order chi connectivity index (χ0) is 16.1. The summed E-state index contributed by atoms with van der Waals surface area (Å²) in [6.45, 7) is 7.31. The van der Waals surface area contributed by atoms with E-state index in [0.29, 0.717) is 29.9 Å². The number of carbonyl (C=O) groups is 1. The van der Waals surface area contributed by atoms with E-state index in [1.54, 1.807) is 0 Å². The number of ketones is 1. The lowest BCUT2D eigenvalue weighted by molar-refractivity contribution is -0.119. The van der Waals surface area contributed by atoms with Crippen molar-refractivity contribution in [3.63, 3.8) is 0 Å². The monoisotopic (exact) mass is 322 g/mol. The van der Waals surface area contributed by atoms with E-state index in [1.165, 1.54) is 15.5 Å². The fourth-order valence-electron chi connectivity index (χ4n) is 2.41. The number of ether oxygens (including phenoxy) is 1. The second kappa shape index (κ2) is 7.65. The van der Waals surface area contributed by atoms with Crippen molar-refractivity contribution in [3.8, 4) is 0 Å². The Hall–Kier alpha value is -1.53. The van der Waals surface area contributed by atoms with Gasteiger partial charge in [0.1, 0.15) is 4.83 Å². The van der Waals surface area contributed by atoms with Gasteiger partial charge in [0.2, 0.25) is 0 Å². The summed E-state index contributed by atoms with van der Waals surface area (Å²) in [4.78, 5) is 29.5. The summed E-state index contributed by atoms with van der Waals surface area (Å²) in [6.07, 6.45) is 2.16. The molecule has 5 nitrogen and oxygen atoms in total. The normalized spacial score (nSPS) is 11.2. The largest absolute Gasteiger partial charge is 0.382 e. The van der Waals surface area contributed by atoms with Gasteiger partial charge in [-0.1, -0.05) is 0 Å². The lowest BCUT2D eigenvalue weighted by atomic mass is 10.2. The quantitative estimate of drug-likeness (QED) is 0.701. The Morgan fingerprint density at radius 2 is 2.14 bits per heavy atom. The van der Waals surface area contributed by atoms with Gasteiger partial charge in [0.25, 0.3) is 5.56 Å². The van der Waals surface area contributed by atoms with Crippen LogP contribution in [0.15, 0.2) is 10.9 Å². The van der Waals surface area contributed by atoms with Gasteiger partial charge in [0.15, 0.2) is 5.78 Å². The Bertz CT molecular complexity index is 718. The van der Waals surface area contributed by atoms with E-state index in [2.05, 4.69) is 4.98 Å². The second-order valence-electron chi connectivity index (χ2n) is 5.39. The summed E-state index contributed by atoms with van der Waals surface area (Å²) >= 11 is 1.28. The Morgan fingerprint density at radius 1 is 1.36 bits per heavy atom. The number of Topliss-reactive ketones (excluding diaryl/α,β-unsaturated/α-hetero) is 1. The van der Waals surface area contributed by atoms with Crippen LogP contribution in [0.5, 0.6) is 0 Å². The molecule has 0 N–H and O–H groups in total. The molecule has 0 spiro atoms. The van der Waals surface area contributed by atoms with Crippen LogP contribution in [0, 0.1) is 13.8 Å². The Balaban J connectivity index is 2.03. The summed E-state index contributed by atoms with van der Waals surface area (Å²) in [5, 5.41) is 0.639. The number of hydrogen-bond acceptors (Lipinski definition) is 5. The van der Waals surface area contributed by atoms with Gasteiger partial charge in [-0.2, -0.15) is 0 Å². The Kier molecular flexibility index (Phi) is 5.85. The SMILES string of the molecule is CCOCCCCC(=O)Cn1sc2nc(C)cc(C)c2c1=O. The van der Waals surface area contributed by atoms with Crippen LogP contribution in [-0.2, 0) is 16.1 Å². The van der Waals surface area contributed by atoms with Gasteiger partial charge in [-0.25, -0.2) is 4.98 Å². The van der Waals surface area contributed by atoms with Crippen molar-refractivity contribution in [1.29, 1.82) is 0 Å². The van der Waals surface area contributed by atoms with E-state index in [0.717, 1.165) is 24.1 Å². The van der Waals surface area contributed by atoms with Crippen LogP contribution in [0.2, 0.25) is 0 Å². The first-order chi connectivity index (χ1) is 10.5. The summed E-state index contributed by atoms with van der Waals surface area (Å²) in [5.41, 5.74) is 1.71. The molecular formula is C16H22N2O3S. The van der Waals surface area contributed by atoms with Gasteiger partial charge >= 0.3 is 0 Å². The van der Waals surface area contributed by atoms with Crippen LogP contribution in [0.3, 0.4) is 0 Å². The Labute approximate surface area is 134 Å². The molecule has 0 amide bonds. The van der Waals surface area contributed by atoms with Crippen molar-refractivity contribution in [1.82, 2.24) is 8.94 Å². The first kappa shape index (κ1) is 16.8. The summed E-state index contributed by atoms with van der Waals surface area (Å²) in [7, 11) is 0. The molecule has 2 aromatic rings. The number of aryl methyl sites for hydroxylation is 2. The number of unbranched alkanes of at least 4 members (excludes halogenated alkanes) is 1. The molecule has 2 aromatic heterocycles. The average molecular weight is 322 g/mol. The minimum absolute atomic E-state index is 0.0829. The second-order valence-corrected chi connectivity index (χ2v) is 6.40. The van der Waals surface area contributed by atoms with Crippen LogP contribution < -0.4 is 5.56 Å². The highest BCUT2D eigenvalue weighted by atomic mass is 32.1. The summed E-state index contributed by atoms with van der Waals surface area (Å²) in [5.74, 6) is 0.0829. The predicted octanol–water partition coefficient (Wildman–Crippen LogP) is 2.85.